The molecule has 1 amide bonds. The van der Waals surface area contributed by atoms with Gasteiger partial charge in [-0.25, -0.2) is 9.07 Å². The second-order valence-electron chi connectivity index (χ2n) is 8.32. The van der Waals surface area contributed by atoms with Gasteiger partial charge in [0.2, 0.25) is 0 Å². The number of nitrogens with zero attached hydrogens (tertiary/aromatic N) is 4. The van der Waals surface area contributed by atoms with Crippen LogP contribution in [0.25, 0.3) is 16.9 Å². The normalized spacial score (nSPS) is 10.9. The minimum Gasteiger partial charge on any atom is -0.319 e. The van der Waals surface area contributed by atoms with E-state index in [4.69, 9.17) is 5.10 Å². The summed E-state index contributed by atoms with van der Waals surface area (Å²) in [6.45, 7) is 4.24. The molecule has 1 N–H and O–H groups in total. The zero-order chi connectivity index (χ0) is 24.4. The van der Waals surface area contributed by atoms with Gasteiger partial charge in [0.25, 0.3) is 5.91 Å². The molecule has 0 fully saturated rings. The van der Waals surface area contributed by atoms with Crippen LogP contribution in [0.4, 0.5) is 10.1 Å². The fourth-order valence-electron chi connectivity index (χ4n) is 4.04. The van der Waals surface area contributed by atoms with E-state index in [9.17, 15) is 9.18 Å². The Labute approximate surface area is 202 Å². The number of anilines is 1. The van der Waals surface area contributed by atoms with E-state index in [1.807, 2.05) is 79.2 Å². The number of aromatic nitrogens is 4. The zero-order valence-corrected chi connectivity index (χ0v) is 19.4. The largest absolute Gasteiger partial charge is 0.319 e. The predicted octanol–water partition coefficient (Wildman–Crippen LogP) is 5.79. The molecule has 7 heteroatoms. The van der Waals surface area contributed by atoms with E-state index in [1.165, 1.54) is 12.1 Å². The molecule has 0 radical (unpaired) electrons. The van der Waals surface area contributed by atoms with Crippen LogP contribution in [0.15, 0.2) is 91.1 Å². The van der Waals surface area contributed by atoms with Gasteiger partial charge in [0, 0.05) is 11.8 Å². The highest BCUT2D eigenvalue weighted by molar-refractivity contribution is 6.08. The van der Waals surface area contributed by atoms with Gasteiger partial charge in [0.05, 0.1) is 34.9 Å². The predicted molar refractivity (Wildman–Crippen MR) is 134 cm³/mol. The van der Waals surface area contributed by atoms with E-state index in [-0.39, 0.29) is 11.7 Å². The van der Waals surface area contributed by atoms with Crippen LogP contribution in [0.5, 0.6) is 0 Å². The van der Waals surface area contributed by atoms with Crippen molar-refractivity contribution < 1.29 is 9.18 Å². The summed E-state index contributed by atoms with van der Waals surface area (Å²) in [5.74, 6) is -0.543. The number of rotatable bonds is 6. The van der Waals surface area contributed by atoms with Gasteiger partial charge in [-0.2, -0.15) is 10.2 Å². The second-order valence-corrected chi connectivity index (χ2v) is 8.32. The fourth-order valence-corrected chi connectivity index (χ4v) is 4.04. The van der Waals surface area contributed by atoms with Crippen LogP contribution in [-0.2, 0) is 6.54 Å². The molecule has 0 aliphatic heterocycles. The first-order valence-corrected chi connectivity index (χ1v) is 11.3. The summed E-state index contributed by atoms with van der Waals surface area (Å²) in [4.78, 5) is 13.5. The Bertz CT molecular complexity index is 1470. The number of halogens is 1. The summed E-state index contributed by atoms with van der Waals surface area (Å²) in [7, 11) is 0. The molecule has 0 atom stereocenters. The average molecular weight is 466 g/mol. The first-order valence-electron chi connectivity index (χ1n) is 11.3. The first-order chi connectivity index (χ1) is 17.0. The molecule has 0 saturated heterocycles. The third-order valence-electron chi connectivity index (χ3n) is 5.89. The van der Waals surface area contributed by atoms with E-state index < -0.39 is 0 Å². The minimum absolute atomic E-state index is 0.265. The Morgan fingerprint density at radius 2 is 1.54 bits per heavy atom. The number of carbonyl (C=O) groups is 1. The molecular formula is C28H24FN5O. The molecule has 0 unspecified atom stereocenters. The fraction of sp³-hybridized carbons (Fsp3) is 0.107. The molecular weight excluding hydrogens is 441 g/mol. The maximum absolute atomic E-state index is 13.5. The summed E-state index contributed by atoms with van der Waals surface area (Å²) in [5, 5.41) is 12.4. The zero-order valence-electron chi connectivity index (χ0n) is 19.4. The molecule has 0 spiro atoms. The number of benzene rings is 3. The number of aryl methyl sites for hydroxylation is 1. The quantitative estimate of drug-likeness (QED) is 0.345. The summed E-state index contributed by atoms with van der Waals surface area (Å²) in [6.07, 6.45) is 1.75. The lowest BCUT2D eigenvalue weighted by atomic mass is 10.1. The molecule has 0 aliphatic carbocycles. The highest BCUT2D eigenvalue weighted by atomic mass is 19.1. The molecule has 3 aromatic carbocycles. The van der Waals surface area contributed by atoms with Crippen LogP contribution >= 0.6 is 0 Å². The maximum atomic E-state index is 13.5. The van der Waals surface area contributed by atoms with E-state index in [2.05, 4.69) is 10.4 Å². The average Bonchev–Trinajstić information content (AvgIpc) is 3.44. The SMILES string of the molecule is Cc1nn(Cc2ccc(F)cc2)c(C)c1NC(=O)c1cn(-c2ccccc2)nc1-c1ccccc1. The van der Waals surface area contributed by atoms with Crippen molar-refractivity contribution in [3.8, 4) is 16.9 Å². The van der Waals surface area contributed by atoms with Crippen molar-refractivity contribution in [1.29, 1.82) is 0 Å². The van der Waals surface area contributed by atoms with Crippen molar-refractivity contribution in [3.05, 3.63) is 119 Å². The lowest BCUT2D eigenvalue weighted by Gasteiger charge is -2.08. The highest BCUT2D eigenvalue weighted by Crippen LogP contribution is 2.27. The van der Waals surface area contributed by atoms with Crippen LogP contribution in [0, 0.1) is 19.7 Å². The minimum atomic E-state index is -0.277. The summed E-state index contributed by atoms with van der Waals surface area (Å²) in [5.41, 5.74) is 5.88. The first kappa shape index (κ1) is 22.3. The standard InChI is InChI=1S/C28H24FN5O/c1-19-26(20(2)33(31-19)17-21-13-15-23(29)16-14-21)30-28(35)25-18-34(24-11-7-4-8-12-24)32-27(25)22-9-5-3-6-10-22/h3-16,18H,17H2,1-2H3,(H,30,35). The second kappa shape index (κ2) is 9.38. The van der Waals surface area contributed by atoms with Crippen LogP contribution in [0.3, 0.4) is 0 Å². The van der Waals surface area contributed by atoms with Crippen molar-refractivity contribution >= 4 is 11.6 Å². The number of hydrogen-bond donors (Lipinski definition) is 1. The van der Waals surface area contributed by atoms with Gasteiger partial charge in [-0.15, -0.1) is 0 Å². The van der Waals surface area contributed by atoms with E-state index in [0.29, 0.717) is 29.2 Å². The van der Waals surface area contributed by atoms with Crippen LogP contribution in [0.1, 0.15) is 27.3 Å². The molecule has 2 aromatic heterocycles. The Morgan fingerprint density at radius 1 is 0.886 bits per heavy atom. The van der Waals surface area contributed by atoms with Crippen molar-refractivity contribution in [2.45, 2.75) is 20.4 Å². The van der Waals surface area contributed by atoms with Gasteiger partial charge in [-0.3, -0.25) is 9.48 Å². The van der Waals surface area contributed by atoms with E-state index >= 15 is 0 Å². The van der Waals surface area contributed by atoms with Crippen molar-refractivity contribution in [2.75, 3.05) is 5.32 Å². The molecule has 174 valence electrons. The molecule has 5 rings (SSSR count). The Morgan fingerprint density at radius 3 is 2.23 bits per heavy atom. The molecule has 6 nitrogen and oxygen atoms in total. The molecule has 0 bridgehead atoms. The van der Waals surface area contributed by atoms with Gasteiger partial charge < -0.3 is 5.32 Å². The van der Waals surface area contributed by atoms with Crippen molar-refractivity contribution in [2.24, 2.45) is 0 Å². The number of para-hydroxylation sites is 1. The lowest BCUT2D eigenvalue weighted by Crippen LogP contribution is -2.14. The third kappa shape index (κ3) is 4.61. The Kier molecular flexibility index (Phi) is 5.97. The summed E-state index contributed by atoms with van der Waals surface area (Å²) in [6, 6.07) is 25.7. The van der Waals surface area contributed by atoms with Gasteiger partial charge in [-0.05, 0) is 43.7 Å². The van der Waals surface area contributed by atoms with Gasteiger partial charge >= 0.3 is 0 Å². The topological polar surface area (TPSA) is 64.7 Å². The van der Waals surface area contributed by atoms with Gasteiger partial charge in [0.15, 0.2) is 0 Å². The van der Waals surface area contributed by atoms with Crippen molar-refractivity contribution in [3.63, 3.8) is 0 Å². The molecule has 0 aliphatic rings. The number of nitrogens with one attached hydrogen (secondary N) is 1. The van der Waals surface area contributed by atoms with E-state index in [0.717, 1.165) is 22.5 Å². The highest BCUT2D eigenvalue weighted by Gasteiger charge is 2.21. The van der Waals surface area contributed by atoms with Crippen LogP contribution < -0.4 is 5.32 Å². The maximum Gasteiger partial charge on any atom is 0.259 e. The molecule has 2 heterocycles. The van der Waals surface area contributed by atoms with Gasteiger partial charge in [0.1, 0.15) is 11.5 Å². The monoisotopic (exact) mass is 465 g/mol. The summed E-state index contributed by atoms with van der Waals surface area (Å²) < 4.78 is 16.8. The smallest absolute Gasteiger partial charge is 0.259 e. The molecule has 0 saturated carbocycles. The van der Waals surface area contributed by atoms with Crippen LogP contribution in [0.2, 0.25) is 0 Å². The number of hydrogen-bond acceptors (Lipinski definition) is 3. The number of carbonyl (C=O) groups excluding carboxylic acids is 1. The molecule has 35 heavy (non-hydrogen) atoms. The van der Waals surface area contributed by atoms with Crippen molar-refractivity contribution in [1.82, 2.24) is 19.6 Å². The van der Waals surface area contributed by atoms with E-state index in [1.54, 1.807) is 23.0 Å². The lowest BCUT2D eigenvalue weighted by molar-refractivity contribution is 0.102. The third-order valence-corrected chi connectivity index (χ3v) is 5.89. The van der Waals surface area contributed by atoms with Gasteiger partial charge in [-0.1, -0.05) is 60.7 Å². The number of amides is 1. The Hall–Kier alpha value is -4.52. The molecule has 5 aromatic rings. The summed E-state index contributed by atoms with van der Waals surface area (Å²) >= 11 is 0. The van der Waals surface area contributed by atoms with Crippen LogP contribution in [-0.4, -0.2) is 25.5 Å². The Balaban J connectivity index is 1.47.